The lowest BCUT2D eigenvalue weighted by molar-refractivity contribution is -0.143. The van der Waals surface area contributed by atoms with Crippen molar-refractivity contribution in [3.05, 3.63) is 36.0 Å². The first-order valence-electron chi connectivity index (χ1n) is 16.9. The average Bonchev–Trinajstić information content (AvgIpc) is 3.91. The first kappa shape index (κ1) is 36.3. The van der Waals surface area contributed by atoms with Gasteiger partial charge in [-0.15, -0.1) is 0 Å². The fourth-order valence-corrected chi connectivity index (χ4v) is 7.86. The summed E-state index contributed by atoms with van der Waals surface area (Å²) in [5.74, 6) is -1.82. The van der Waals surface area contributed by atoms with E-state index in [2.05, 4.69) is 20.3 Å². The summed E-state index contributed by atoms with van der Waals surface area (Å²) < 4.78 is 39.4. The van der Waals surface area contributed by atoms with E-state index in [0.29, 0.717) is 25.1 Å². The third-order valence-corrected chi connectivity index (χ3v) is 11.3. The molecule has 0 spiro atoms. The number of carbonyl (C=O) groups excluding carboxylic acids is 4. The predicted molar refractivity (Wildman–Crippen MR) is 183 cm³/mol. The molecule has 2 saturated carbocycles. The van der Waals surface area contributed by atoms with E-state index in [9.17, 15) is 27.6 Å². The van der Waals surface area contributed by atoms with Crippen molar-refractivity contribution >= 4 is 44.6 Å². The molecule has 3 aliphatic rings. The number of sulfonamides is 1. The van der Waals surface area contributed by atoms with Crippen molar-refractivity contribution in [3.8, 4) is 5.88 Å². The van der Waals surface area contributed by atoms with Gasteiger partial charge in [-0.1, -0.05) is 46.2 Å². The second kappa shape index (κ2) is 13.1. The van der Waals surface area contributed by atoms with Crippen LogP contribution in [-0.4, -0.2) is 83.2 Å². The third-order valence-electron chi connectivity index (χ3n) is 9.44. The molecule has 14 heteroatoms. The molecule has 5 rings (SSSR count). The monoisotopic (exact) mass is 699 g/mol. The number of amides is 4. The molecule has 5 atom stereocenters. The molecule has 3 fully saturated rings. The van der Waals surface area contributed by atoms with Crippen molar-refractivity contribution < 1.29 is 37.1 Å². The fraction of sp³-hybridized carbons (Fsp3) is 0.629. The quantitative estimate of drug-likeness (QED) is 0.334. The van der Waals surface area contributed by atoms with Crippen LogP contribution in [0.1, 0.15) is 86.1 Å². The number of hydrogen-bond donors (Lipinski definition) is 3. The number of pyridine rings is 1. The molecule has 2 heterocycles. The Morgan fingerprint density at radius 2 is 1.76 bits per heavy atom. The zero-order chi connectivity index (χ0) is 36.1. The summed E-state index contributed by atoms with van der Waals surface area (Å²) in [5, 5.41) is 6.70. The van der Waals surface area contributed by atoms with Crippen molar-refractivity contribution in [1.29, 1.82) is 0 Å². The van der Waals surface area contributed by atoms with Crippen LogP contribution in [0.15, 0.2) is 30.5 Å². The Morgan fingerprint density at radius 3 is 2.35 bits per heavy atom. The number of alkyl carbamates (subject to hydrolysis) is 1. The molecular weight excluding hydrogens is 650 g/mol. The molecule has 0 bridgehead atoms. The molecule has 0 unspecified atom stereocenters. The maximum atomic E-state index is 14.4. The molecule has 4 amide bonds. The summed E-state index contributed by atoms with van der Waals surface area (Å²) >= 11 is 0. The Bertz CT molecular complexity index is 1750. The molecule has 1 saturated heterocycles. The Labute approximate surface area is 288 Å². The van der Waals surface area contributed by atoms with Gasteiger partial charge in [-0.2, -0.15) is 0 Å². The number of fused-ring (bicyclic) bond motifs is 1. The maximum Gasteiger partial charge on any atom is 0.408 e. The standard InChI is InChI=1S/C35H49N5O8S/c1-9-21-18-35(21,31(43)39-49(45,46)23-13-14-23)38-28(41)26-17-22(47-29-25-12-10-11-20(2)24(25)15-16-36-29)19-40(26)30(42)27(33(3,4)5)37-32(44)48-34(6,7)8/h10-12,15-16,21-23,26-27H,9,13-14,17-19H2,1-8H3,(H,37,44)(H,38,41)(H,39,43)/t21-,22-,26+,27-,35-/m1/s1. The van der Waals surface area contributed by atoms with Gasteiger partial charge in [0.25, 0.3) is 5.91 Å². The topological polar surface area (TPSA) is 173 Å². The number of aromatic nitrogens is 1. The predicted octanol–water partition coefficient (Wildman–Crippen LogP) is 3.72. The van der Waals surface area contributed by atoms with Crippen LogP contribution in [0.3, 0.4) is 0 Å². The van der Waals surface area contributed by atoms with Gasteiger partial charge < -0.3 is 25.0 Å². The average molecular weight is 700 g/mol. The Balaban J connectivity index is 1.44. The minimum Gasteiger partial charge on any atom is -0.472 e. The van der Waals surface area contributed by atoms with Crippen LogP contribution in [0.2, 0.25) is 0 Å². The number of carbonyl (C=O) groups is 4. The van der Waals surface area contributed by atoms with E-state index >= 15 is 0 Å². The van der Waals surface area contributed by atoms with Crippen LogP contribution in [0.5, 0.6) is 5.88 Å². The van der Waals surface area contributed by atoms with Crippen LogP contribution in [-0.2, 0) is 29.1 Å². The van der Waals surface area contributed by atoms with E-state index < -0.39 is 73.8 Å². The number of hydrogen-bond acceptors (Lipinski definition) is 9. The number of benzene rings is 1. The van der Waals surface area contributed by atoms with Crippen molar-refractivity contribution in [2.24, 2.45) is 11.3 Å². The van der Waals surface area contributed by atoms with Gasteiger partial charge in [-0.3, -0.25) is 19.1 Å². The smallest absolute Gasteiger partial charge is 0.408 e. The molecule has 2 aromatic rings. The number of nitrogens with zero attached hydrogens (tertiary/aromatic N) is 2. The highest BCUT2D eigenvalue weighted by atomic mass is 32.2. The molecule has 13 nitrogen and oxygen atoms in total. The Kier molecular flexibility index (Phi) is 9.69. The fourth-order valence-electron chi connectivity index (χ4n) is 6.50. The van der Waals surface area contributed by atoms with Gasteiger partial charge >= 0.3 is 6.09 Å². The molecule has 2 aliphatic carbocycles. The lowest BCUT2D eigenvalue weighted by Gasteiger charge is -2.36. The molecule has 3 N–H and O–H groups in total. The van der Waals surface area contributed by atoms with Gasteiger partial charge in [0.1, 0.15) is 29.3 Å². The first-order valence-corrected chi connectivity index (χ1v) is 18.5. The van der Waals surface area contributed by atoms with Crippen molar-refractivity contribution in [2.75, 3.05) is 6.54 Å². The van der Waals surface area contributed by atoms with Crippen molar-refractivity contribution in [1.82, 2.24) is 25.2 Å². The highest BCUT2D eigenvalue weighted by Crippen LogP contribution is 2.47. The highest BCUT2D eigenvalue weighted by Gasteiger charge is 2.62. The Hall–Kier alpha value is -3.94. The molecule has 1 aliphatic heterocycles. The number of rotatable bonds is 10. The SMILES string of the molecule is CC[C@@H]1C[C@]1(NC(=O)[C@@H]1C[C@@H](Oc2nccc3c(C)cccc23)CN1C(=O)[C@@H](NC(=O)OC(C)(C)C)C(C)(C)C)C(=O)NS(=O)(=O)C1CC1. The highest BCUT2D eigenvalue weighted by molar-refractivity contribution is 7.91. The lowest BCUT2D eigenvalue weighted by atomic mass is 9.85. The third kappa shape index (κ3) is 7.94. The van der Waals surface area contributed by atoms with Crippen LogP contribution >= 0.6 is 0 Å². The molecule has 1 aromatic heterocycles. The minimum atomic E-state index is -3.85. The number of nitrogens with one attached hydrogen (secondary N) is 3. The minimum absolute atomic E-state index is 0.00412. The molecule has 0 radical (unpaired) electrons. The second-order valence-corrected chi connectivity index (χ2v) is 17.6. The van der Waals surface area contributed by atoms with E-state index in [0.717, 1.165) is 16.3 Å². The molecule has 49 heavy (non-hydrogen) atoms. The molecule has 1 aromatic carbocycles. The second-order valence-electron chi connectivity index (χ2n) is 15.7. The number of aryl methyl sites for hydroxylation is 1. The number of ether oxygens (including phenoxy) is 2. The molecule has 268 valence electrons. The Morgan fingerprint density at radius 1 is 1.06 bits per heavy atom. The summed E-state index contributed by atoms with van der Waals surface area (Å²) in [5.41, 5.74) is -1.98. The number of likely N-dealkylation sites (tertiary alicyclic amines) is 1. The summed E-state index contributed by atoms with van der Waals surface area (Å²) in [6, 6.07) is 5.49. The zero-order valence-electron chi connectivity index (χ0n) is 29.6. The summed E-state index contributed by atoms with van der Waals surface area (Å²) in [6.07, 6.45) is 2.04. The summed E-state index contributed by atoms with van der Waals surface area (Å²) in [6.45, 7) is 14.4. The molecular formula is C35H49N5O8S. The van der Waals surface area contributed by atoms with Crippen LogP contribution < -0.4 is 20.1 Å². The van der Waals surface area contributed by atoms with Crippen LogP contribution in [0.25, 0.3) is 10.8 Å². The zero-order valence-corrected chi connectivity index (χ0v) is 30.4. The van der Waals surface area contributed by atoms with Crippen LogP contribution in [0, 0.1) is 18.3 Å². The van der Waals surface area contributed by atoms with Gasteiger partial charge in [0.05, 0.1) is 11.8 Å². The van der Waals surface area contributed by atoms with Gasteiger partial charge in [-0.25, -0.2) is 18.2 Å². The maximum absolute atomic E-state index is 14.4. The first-order chi connectivity index (χ1) is 22.8. The van der Waals surface area contributed by atoms with Crippen molar-refractivity contribution in [3.63, 3.8) is 0 Å². The van der Waals surface area contributed by atoms with E-state index in [-0.39, 0.29) is 25.3 Å². The van der Waals surface area contributed by atoms with Gasteiger partial charge in [0, 0.05) is 18.0 Å². The van der Waals surface area contributed by atoms with Gasteiger partial charge in [-0.05, 0) is 81.4 Å². The summed E-state index contributed by atoms with van der Waals surface area (Å²) in [4.78, 5) is 60.8. The van der Waals surface area contributed by atoms with E-state index in [1.807, 2.05) is 38.1 Å². The normalized spacial score (nSPS) is 24.6. The van der Waals surface area contributed by atoms with E-state index in [1.165, 1.54) is 4.90 Å². The van der Waals surface area contributed by atoms with Gasteiger partial charge in [0.15, 0.2) is 0 Å². The summed E-state index contributed by atoms with van der Waals surface area (Å²) in [7, 11) is -3.85. The van der Waals surface area contributed by atoms with E-state index in [4.69, 9.17) is 9.47 Å². The van der Waals surface area contributed by atoms with Gasteiger partial charge in [0.2, 0.25) is 27.7 Å². The van der Waals surface area contributed by atoms with Crippen LogP contribution in [0.4, 0.5) is 4.79 Å². The lowest BCUT2D eigenvalue weighted by Crippen LogP contribution is -2.60. The van der Waals surface area contributed by atoms with E-state index in [1.54, 1.807) is 47.7 Å². The largest absolute Gasteiger partial charge is 0.472 e. The van der Waals surface area contributed by atoms with Crippen molar-refractivity contribution in [2.45, 2.75) is 122 Å².